The van der Waals surface area contributed by atoms with Crippen molar-refractivity contribution in [2.24, 2.45) is 0 Å². The van der Waals surface area contributed by atoms with Crippen molar-refractivity contribution < 1.29 is 13.5 Å². The van der Waals surface area contributed by atoms with Crippen molar-refractivity contribution >= 4 is 0 Å². The van der Waals surface area contributed by atoms with E-state index < -0.39 is 6.43 Å². The Morgan fingerprint density at radius 3 is 2.60 bits per heavy atom. The number of aromatic nitrogens is 1. The van der Waals surface area contributed by atoms with Crippen LogP contribution in [0.15, 0.2) is 12.1 Å². The monoisotopic (exact) mass is 281 g/mol. The number of hydrogen-bond donors (Lipinski definition) is 0. The van der Waals surface area contributed by atoms with Gasteiger partial charge < -0.3 is 4.74 Å². The molecule has 1 aromatic rings. The molecule has 2 nitrogen and oxygen atoms in total. The molecular formula is C16H21F2NO. The van der Waals surface area contributed by atoms with Crippen LogP contribution < -0.4 is 4.74 Å². The van der Waals surface area contributed by atoms with E-state index >= 15 is 0 Å². The summed E-state index contributed by atoms with van der Waals surface area (Å²) < 4.78 is 30.3. The largest absolute Gasteiger partial charge is 0.497 e. The number of pyridine rings is 1. The molecular weight excluding hydrogens is 260 g/mol. The number of methoxy groups -OCH3 is 1. The summed E-state index contributed by atoms with van der Waals surface area (Å²) in [5.74, 6) is 6.18. The number of hydrogen-bond acceptors (Lipinski definition) is 2. The second kappa shape index (κ2) is 9.30. The van der Waals surface area contributed by atoms with Gasteiger partial charge in [0.2, 0.25) is 0 Å². The average molecular weight is 281 g/mol. The van der Waals surface area contributed by atoms with E-state index in [0.717, 1.165) is 19.3 Å². The third-order valence-electron chi connectivity index (χ3n) is 2.90. The average Bonchev–Trinajstić information content (AvgIpc) is 2.46. The van der Waals surface area contributed by atoms with E-state index in [-0.39, 0.29) is 5.69 Å². The minimum atomic E-state index is -2.61. The van der Waals surface area contributed by atoms with E-state index in [2.05, 4.69) is 23.7 Å². The highest BCUT2D eigenvalue weighted by Gasteiger charge is 2.11. The molecule has 0 aliphatic heterocycles. The lowest BCUT2D eigenvalue weighted by Crippen LogP contribution is -1.95. The molecule has 4 heteroatoms. The molecule has 1 aromatic heterocycles. The standard InChI is InChI=1S/C16H21F2NO/c1-3-4-5-6-7-8-9-10-13-11-14(20-2)12-15(19-13)16(17)18/h11-12,16H,3-8H2,1-2H3. The van der Waals surface area contributed by atoms with Crippen LogP contribution in [0.3, 0.4) is 0 Å². The first kappa shape index (κ1) is 16.4. The molecule has 0 saturated heterocycles. The first-order valence-electron chi connectivity index (χ1n) is 7.00. The molecule has 0 spiro atoms. The molecule has 0 atom stereocenters. The molecule has 0 N–H and O–H groups in total. The Morgan fingerprint density at radius 1 is 1.20 bits per heavy atom. The fourth-order valence-electron chi connectivity index (χ4n) is 1.79. The molecule has 0 fully saturated rings. The van der Waals surface area contributed by atoms with Gasteiger partial charge in [-0.1, -0.05) is 38.5 Å². The Balaban J connectivity index is 2.56. The van der Waals surface area contributed by atoms with Crippen LogP contribution in [0.5, 0.6) is 5.75 Å². The molecule has 0 unspecified atom stereocenters. The topological polar surface area (TPSA) is 22.1 Å². The van der Waals surface area contributed by atoms with Crippen molar-refractivity contribution in [1.82, 2.24) is 4.98 Å². The molecule has 0 saturated carbocycles. The van der Waals surface area contributed by atoms with Crippen molar-refractivity contribution in [2.45, 2.75) is 51.9 Å². The number of ether oxygens (including phenoxy) is 1. The number of rotatable bonds is 7. The maximum absolute atomic E-state index is 12.7. The maximum atomic E-state index is 12.7. The Kier molecular flexibility index (Phi) is 7.64. The first-order chi connectivity index (χ1) is 9.67. The highest BCUT2D eigenvalue weighted by atomic mass is 19.3. The van der Waals surface area contributed by atoms with E-state index in [9.17, 15) is 8.78 Å². The molecule has 1 rings (SSSR count). The van der Waals surface area contributed by atoms with Gasteiger partial charge in [-0.15, -0.1) is 0 Å². The van der Waals surface area contributed by atoms with E-state index in [1.807, 2.05) is 0 Å². The number of alkyl halides is 2. The van der Waals surface area contributed by atoms with E-state index in [0.29, 0.717) is 11.4 Å². The summed E-state index contributed by atoms with van der Waals surface area (Å²) in [4.78, 5) is 3.82. The molecule has 0 radical (unpaired) electrons. The summed E-state index contributed by atoms with van der Waals surface area (Å²) in [6.45, 7) is 2.18. The first-order valence-corrected chi connectivity index (χ1v) is 7.00. The van der Waals surface area contributed by atoms with Crippen LogP contribution in [0.25, 0.3) is 0 Å². The van der Waals surface area contributed by atoms with Crippen LogP contribution in [-0.2, 0) is 0 Å². The van der Waals surface area contributed by atoms with Crippen molar-refractivity contribution in [3.63, 3.8) is 0 Å². The SMILES string of the molecule is CCCCCCCC#Cc1cc(OC)cc(C(F)F)n1. The van der Waals surface area contributed by atoms with E-state index in [4.69, 9.17) is 4.74 Å². The fourth-order valence-corrected chi connectivity index (χ4v) is 1.79. The van der Waals surface area contributed by atoms with Crippen LogP contribution in [0.1, 0.15) is 63.3 Å². The zero-order chi connectivity index (χ0) is 14.8. The summed E-state index contributed by atoms with van der Waals surface area (Å²) in [5.41, 5.74) is 0.0461. The third kappa shape index (κ3) is 6.01. The van der Waals surface area contributed by atoms with Gasteiger partial charge in [0.05, 0.1) is 7.11 Å². The molecule has 0 aliphatic rings. The number of nitrogens with zero attached hydrogens (tertiary/aromatic N) is 1. The van der Waals surface area contributed by atoms with Crippen LogP contribution in [0.2, 0.25) is 0 Å². The summed E-state index contributed by atoms with van der Waals surface area (Å²) in [6.07, 6.45) is 4.06. The summed E-state index contributed by atoms with van der Waals surface area (Å²) in [6, 6.07) is 2.82. The summed E-state index contributed by atoms with van der Waals surface area (Å²) in [5, 5.41) is 0. The second-order valence-electron chi connectivity index (χ2n) is 4.58. The van der Waals surface area contributed by atoms with Crippen molar-refractivity contribution in [2.75, 3.05) is 7.11 Å². The van der Waals surface area contributed by atoms with Gasteiger partial charge in [-0.3, -0.25) is 0 Å². The minimum Gasteiger partial charge on any atom is -0.497 e. The fraction of sp³-hybridized carbons (Fsp3) is 0.562. The predicted molar refractivity (Wildman–Crippen MR) is 76.0 cm³/mol. The lowest BCUT2D eigenvalue weighted by molar-refractivity contribution is 0.145. The maximum Gasteiger partial charge on any atom is 0.280 e. The van der Waals surface area contributed by atoms with Gasteiger partial charge in [0.15, 0.2) is 0 Å². The normalized spacial score (nSPS) is 10.2. The van der Waals surface area contributed by atoms with Gasteiger partial charge in [0.25, 0.3) is 6.43 Å². The minimum absolute atomic E-state index is 0.295. The summed E-state index contributed by atoms with van der Waals surface area (Å²) >= 11 is 0. The zero-order valence-corrected chi connectivity index (χ0v) is 12.1. The van der Waals surface area contributed by atoms with Crippen molar-refractivity contribution in [3.8, 4) is 17.6 Å². The van der Waals surface area contributed by atoms with Gasteiger partial charge in [-0.2, -0.15) is 0 Å². The van der Waals surface area contributed by atoms with Gasteiger partial charge in [0, 0.05) is 18.6 Å². The Labute approximate surface area is 119 Å². The van der Waals surface area contributed by atoms with Crippen molar-refractivity contribution in [3.05, 3.63) is 23.5 Å². The van der Waals surface area contributed by atoms with Crippen LogP contribution in [-0.4, -0.2) is 12.1 Å². The molecule has 0 amide bonds. The van der Waals surface area contributed by atoms with Gasteiger partial charge >= 0.3 is 0 Å². The van der Waals surface area contributed by atoms with Crippen LogP contribution in [0, 0.1) is 11.8 Å². The highest BCUT2D eigenvalue weighted by molar-refractivity contribution is 5.36. The van der Waals surface area contributed by atoms with Crippen LogP contribution in [0.4, 0.5) is 8.78 Å². The number of halogens is 2. The molecule has 0 bridgehead atoms. The van der Waals surface area contributed by atoms with E-state index in [1.54, 1.807) is 6.07 Å². The smallest absolute Gasteiger partial charge is 0.280 e. The van der Waals surface area contributed by atoms with Gasteiger partial charge in [-0.05, 0) is 12.3 Å². The summed E-state index contributed by atoms with van der Waals surface area (Å²) in [7, 11) is 1.44. The van der Waals surface area contributed by atoms with Gasteiger partial charge in [-0.25, -0.2) is 13.8 Å². The molecule has 0 aromatic carbocycles. The lowest BCUT2D eigenvalue weighted by atomic mass is 10.1. The molecule has 20 heavy (non-hydrogen) atoms. The Bertz CT molecular complexity index is 463. The van der Waals surface area contributed by atoms with Crippen molar-refractivity contribution in [1.29, 1.82) is 0 Å². The molecule has 110 valence electrons. The number of unbranched alkanes of at least 4 members (excludes halogenated alkanes) is 5. The quantitative estimate of drug-likeness (QED) is 0.532. The second-order valence-corrected chi connectivity index (χ2v) is 4.58. The highest BCUT2D eigenvalue weighted by Crippen LogP contribution is 2.22. The predicted octanol–water partition coefficient (Wildman–Crippen LogP) is 4.74. The third-order valence-corrected chi connectivity index (χ3v) is 2.90. The van der Waals surface area contributed by atoms with E-state index in [1.165, 1.54) is 32.4 Å². The molecule has 1 heterocycles. The Hall–Kier alpha value is -1.63. The molecule has 0 aliphatic carbocycles. The lowest BCUT2D eigenvalue weighted by Gasteiger charge is -2.04. The Morgan fingerprint density at radius 2 is 1.95 bits per heavy atom. The van der Waals surface area contributed by atoms with Gasteiger partial charge in [0.1, 0.15) is 17.1 Å². The zero-order valence-electron chi connectivity index (χ0n) is 12.1. The van der Waals surface area contributed by atoms with Crippen LogP contribution >= 0.6 is 0 Å².